The van der Waals surface area contributed by atoms with E-state index >= 15 is 0 Å². The lowest BCUT2D eigenvalue weighted by atomic mass is 10.4. The molecule has 1 aliphatic rings. The van der Waals surface area contributed by atoms with Crippen LogP contribution in [-0.4, -0.2) is 42.1 Å². The normalized spacial score (nSPS) is 16.6. The van der Waals surface area contributed by atoms with Crippen molar-refractivity contribution in [3.8, 4) is 0 Å². The topological polar surface area (TPSA) is 57.3 Å². The quantitative estimate of drug-likeness (QED) is 0.739. The Bertz CT molecular complexity index is 333. The van der Waals surface area contributed by atoms with Gasteiger partial charge in [0.25, 0.3) is 0 Å². The summed E-state index contributed by atoms with van der Waals surface area (Å²) in [5.74, 6) is 0. The largest absolute Gasteiger partial charge is 0.323 e. The number of anilines is 1. The van der Waals surface area contributed by atoms with Crippen LogP contribution in [0.15, 0.2) is 24.5 Å². The fraction of sp³-hybridized carbons (Fsp3) is 0.455. The molecule has 0 bridgehead atoms. The first-order valence-corrected chi connectivity index (χ1v) is 5.53. The van der Waals surface area contributed by atoms with Crippen LogP contribution in [0.2, 0.25) is 0 Å². The first kappa shape index (κ1) is 10.9. The minimum atomic E-state index is -0.0325. The zero-order valence-electron chi connectivity index (χ0n) is 9.15. The molecule has 2 amide bonds. The van der Waals surface area contributed by atoms with E-state index in [1.54, 1.807) is 24.5 Å². The van der Waals surface area contributed by atoms with E-state index in [-0.39, 0.29) is 6.03 Å². The molecule has 0 radical (unpaired) electrons. The summed E-state index contributed by atoms with van der Waals surface area (Å²) in [5.41, 5.74) is 0.789. The summed E-state index contributed by atoms with van der Waals surface area (Å²) in [6.07, 6.45) is 4.34. The number of carbonyl (C=O) groups excluding carboxylic acids is 1. The number of nitrogens with zero attached hydrogens (tertiary/aromatic N) is 2. The summed E-state index contributed by atoms with van der Waals surface area (Å²) >= 11 is 0. The molecule has 0 saturated carbocycles. The van der Waals surface area contributed by atoms with Gasteiger partial charge in [-0.2, -0.15) is 0 Å². The second-order valence-electron chi connectivity index (χ2n) is 3.76. The summed E-state index contributed by atoms with van der Waals surface area (Å²) in [7, 11) is 0. The van der Waals surface area contributed by atoms with Gasteiger partial charge in [0.15, 0.2) is 0 Å². The third kappa shape index (κ3) is 2.93. The van der Waals surface area contributed by atoms with Gasteiger partial charge >= 0.3 is 6.03 Å². The maximum Gasteiger partial charge on any atom is 0.321 e. The molecule has 5 heteroatoms. The Morgan fingerprint density at radius 2 is 2.12 bits per heavy atom. The van der Waals surface area contributed by atoms with Crippen molar-refractivity contribution in [3.05, 3.63) is 24.5 Å². The highest BCUT2D eigenvalue weighted by Gasteiger charge is 2.14. The van der Waals surface area contributed by atoms with E-state index in [1.807, 2.05) is 4.90 Å². The molecule has 0 unspecified atom stereocenters. The summed E-state index contributed by atoms with van der Waals surface area (Å²) in [6.45, 7) is 3.42. The Morgan fingerprint density at radius 3 is 2.94 bits per heavy atom. The predicted octanol–water partition coefficient (Wildman–Crippen LogP) is 0.909. The van der Waals surface area contributed by atoms with Crippen molar-refractivity contribution < 1.29 is 4.79 Å². The maximum absolute atomic E-state index is 11.9. The lowest BCUT2D eigenvalue weighted by Gasteiger charge is -2.20. The molecule has 0 aliphatic carbocycles. The molecule has 1 aromatic heterocycles. The number of nitrogens with one attached hydrogen (secondary N) is 2. The van der Waals surface area contributed by atoms with Gasteiger partial charge in [-0.15, -0.1) is 0 Å². The van der Waals surface area contributed by atoms with Gasteiger partial charge < -0.3 is 15.5 Å². The van der Waals surface area contributed by atoms with Gasteiger partial charge in [0, 0.05) is 37.7 Å². The molecule has 0 aromatic carbocycles. The van der Waals surface area contributed by atoms with E-state index in [0.29, 0.717) is 0 Å². The number of hydrogen-bond donors (Lipinski definition) is 2. The first-order chi connectivity index (χ1) is 7.86. The van der Waals surface area contributed by atoms with Gasteiger partial charge in [-0.1, -0.05) is 0 Å². The van der Waals surface area contributed by atoms with Crippen molar-refractivity contribution in [2.45, 2.75) is 6.42 Å². The molecule has 1 aromatic rings. The SMILES string of the molecule is O=C(Nc1ccncc1)N1CCCNCC1. The summed E-state index contributed by atoms with van der Waals surface area (Å²) in [5, 5.41) is 6.12. The molecule has 16 heavy (non-hydrogen) atoms. The lowest BCUT2D eigenvalue weighted by Crippen LogP contribution is -2.37. The van der Waals surface area contributed by atoms with Crippen molar-refractivity contribution in [2.24, 2.45) is 0 Å². The van der Waals surface area contributed by atoms with Crippen LogP contribution in [0.5, 0.6) is 0 Å². The first-order valence-electron chi connectivity index (χ1n) is 5.53. The fourth-order valence-corrected chi connectivity index (χ4v) is 1.69. The van der Waals surface area contributed by atoms with Crippen LogP contribution >= 0.6 is 0 Å². The average Bonchev–Trinajstić information content (AvgIpc) is 2.59. The highest BCUT2D eigenvalue weighted by molar-refractivity contribution is 5.89. The molecule has 2 N–H and O–H groups in total. The van der Waals surface area contributed by atoms with Gasteiger partial charge in [-0.25, -0.2) is 4.79 Å². The van der Waals surface area contributed by atoms with Crippen molar-refractivity contribution >= 4 is 11.7 Å². The number of urea groups is 1. The van der Waals surface area contributed by atoms with Crippen LogP contribution < -0.4 is 10.6 Å². The lowest BCUT2D eigenvalue weighted by molar-refractivity contribution is 0.215. The standard InChI is InChI=1S/C11H16N4O/c16-11(14-10-2-5-13-6-3-10)15-8-1-4-12-7-9-15/h2-3,5-6,12H,1,4,7-9H2,(H,13,14,16). The van der Waals surface area contributed by atoms with Crippen LogP contribution in [0.25, 0.3) is 0 Å². The van der Waals surface area contributed by atoms with Crippen molar-refractivity contribution in [3.63, 3.8) is 0 Å². The number of hydrogen-bond acceptors (Lipinski definition) is 3. The Morgan fingerprint density at radius 1 is 1.31 bits per heavy atom. The minimum Gasteiger partial charge on any atom is -0.323 e. The van der Waals surface area contributed by atoms with Crippen LogP contribution in [0.1, 0.15) is 6.42 Å². The third-order valence-electron chi connectivity index (χ3n) is 2.56. The van der Waals surface area contributed by atoms with E-state index in [2.05, 4.69) is 15.6 Å². The average molecular weight is 220 g/mol. The van der Waals surface area contributed by atoms with E-state index in [1.165, 1.54) is 0 Å². The van der Waals surface area contributed by atoms with Gasteiger partial charge in [-0.05, 0) is 25.1 Å². The molecule has 0 spiro atoms. The van der Waals surface area contributed by atoms with Crippen LogP contribution in [-0.2, 0) is 0 Å². The highest BCUT2D eigenvalue weighted by atomic mass is 16.2. The number of rotatable bonds is 1. The van der Waals surface area contributed by atoms with Crippen molar-refractivity contribution in [1.29, 1.82) is 0 Å². The molecule has 1 saturated heterocycles. The molecule has 1 aliphatic heterocycles. The summed E-state index contributed by atoms with van der Waals surface area (Å²) < 4.78 is 0. The van der Waals surface area contributed by atoms with Crippen molar-refractivity contribution in [1.82, 2.24) is 15.2 Å². The number of amides is 2. The molecule has 0 atom stereocenters. The summed E-state index contributed by atoms with van der Waals surface area (Å²) in [6, 6.07) is 3.54. The molecule has 5 nitrogen and oxygen atoms in total. The Kier molecular flexibility index (Phi) is 3.71. The number of carbonyl (C=O) groups is 1. The van der Waals surface area contributed by atoms with Crippen LogP contribution in [0, 0.1) is 0 Å². The molecule has 2 heterocycles. The second-order valence-corrected chi connectivity index (χ2v) is 3.76. The minimum absolute atomic E-state index is 0.0325. The zero-order chi connectivity index (χ0) is 11.2. The highest BCUT2D eigenvalue weighted by Crippen LogP contribution is 2.06. The van der Waals surface area contributed by atoms with E-state index in [4.69, 9.17) is 0 Å². The van der Waals surface area contributed by atoms with Crippen molar-refractivity contribution in [2.75, 3.05) is 31.5 Å². The number of aromatic nitrogens is 1. The van der Waals surface area contributed by atoms with Gasteiger partial charge in [0.05, 0.1) is 0 Å². The van der Waals surface area contributed by atoms with Crippen LogP contribution in [0.3, 0.4) is 0 Å². The summed E-state index contributed by atoms with van der Waals surface area (Å²) in [4.78, 5) is 17.6. The monoisotopic (exact) mass is 220 g/mol. The van der Waals surface area contributed by atoms with E-state index < -0.39 is 0 Å². The van der Waals surface area contributed by atoms with Gasteiger partial charge in [0.2, 0.25) is 0 Å². The molecular formula is C11H16N4O. The van der Waals surface area contributed by atoms with Crippen LogP contribution in [0.4, 0.5) is 10.5 Å². The van der Waals surface area contributed by atoms with Gasteiger partial charge in [-0.3, -0.25) is 4.98 Å². The number of pyridine rings is 1. The smallest absolute Gasteiger partial charge is 0.321 e. The Hall–Kier alpha value is -1.62. The van der Waals surface area contributed by atoms with E-state index in [0.717, 1.165) is 38.3 Å². The predicted molar refractivity (Wildman–Crippen MR) is 62.3 cm³/mol. The molecule has 1 fully saturated rings. The Labute approximate surface area is 94.9 Å². The van der Waals surface area contributed by atoms with E-state index in [9.17, 15) is 4.79 Å². The molecular weight excluding hydrogens is 204 g/mol. The fourth-order valence-electron chi connectivity index (χ4n) is 1.69. The zero-order valence-corrected chi connectivity index (χ0v) is 9.15. The molecule has 2 rings (SSSR count). The second kappa shape index (κ2) is 5.46. The Balaban J connectivity index is 1.92. The van der Waals surface area contributed by atoms with Gasteiger partial charge in [0.1, 0.15) is 0 Å². The third-order valence-corrected chi connectivity index (χ3v) is 2.56. The maximum atomic E-state index is 11.9. The molecule has 86 valence electrons.